The first-order valence-electron chi connectivity index (χ1n) is 9.10. The van der Waals surface area contributed by atoms with E-state index in [2.05, 4.69) is 15.6 Å². The molecule has 2 amide bonds. The summed E-state index contributed by atoms with van der Waals surface area (Å²) in [5.74, 6) is -0.557. The molecule has 0 fully saturated rings. The second-order valence-corrected chi connectivity index (χ2v) is 7.50. The first-order valence-corrected chi connectivity index (χ1v) is 10.1. The van der Waals surface area contributed by atoms with Crippen LogP contribution in [0.15, 0.2) is 52.4 Å². The molecule has 0 saturated heterocycles. The maximum absolute atomic E-state index is 13.2. The third-order valence-corrected chi connectivity index (χ3v) is 5.49. The van der Waals surface area contributed by atoms with Gasteiger partial charge in [-0.25, -0.2) is 4.98 Å². The van der Waals surface area contributed by atoms with Gasteiger partial charge in [0.1, 0.15) is 0 Å². The zero-order chi connectivity index (χ0) is 21.0. The first-order chi connectivity index (χ1) is 13.9. The van der Waals surface area contributed by atoms with Gasteiger partial charge in [0.25, 0.3) is 5.56 Å². The highest BCUT2D eigenvalue weighted by molar-refractivity contribution is 7.99. The standard InChI is InChI=1S/C21H22N4O3S/c1-13-8-9-15(10-14(13)2)25-20(28)16-6-4-5-7-17(16)24-21(25)29-12-19(27)23-11-18(26)22-3/h4-10H,11-12H2,1-3H3,(H,22,26)(H,23,27). The van der Waals surface area contributed by atoms with E-state index in [9.17, 15) is 14.4 Å². The van der Waals surface area contributed by atoms with E-state index in [1.807, 2.05) is 38.1 Å². The molecule has 0 bridgehead atoms. The van der Waals surface area contributed by atoms with E-state index in [-0.39, 0.29) is 29.7 Å². The molecule has 7 nitrogen and oxygen atoms in total. The van der Waals surface area contributed by atoms with E-state index in [1.54, 1.807) is 18.2 Å². The SMILES string of the molecule is CNC(=O)CNC(=O)CSc1nc2ccccc2c(=O)n1-c1ccc(C)c(C)c1. The predicted octanol–water partition coefficient (Wildman–Crippen LogP) is 1.96. The second-order valence-electron chi connectivity index (χ2n) is 6.56. The lowest BCUT2D eigenvalue weighted by molar-refractivity contribution is -0.124. The van der Waals surface area contributed by atoms with Crippen molar-refractivity contribution in [1.82, 2.24) is 20.2 Å². The molecule has 0 radical (unpaired) electrons. The number of nitrogens with one attached hydrogen (secondary N) is 2. The smallest absolute Gasteiger partial charge is 0.266 e. The highest BCUT2D eigenvalue weighted by atomic mass is 32.2. The number of hydrogen-bond donors (Lipinski definition) is 2. The Kier molecular flexibility index (Phi) is 6.33. The average molecular weight is 410 g/mol. The van der Waals surface area contributed by atoms with Crippen molar-refractivity contribution in [1.29, 1.82) is 0 Å². The minimum absolute atomic E-state index is 0.0343. The van der Waals surface area contributed by atoms with E-state index in [0.717, 1.165) is 22.9 Å². The fraction of sp³-hybridized carbons (Fsp3) is 0.238. The van der Waals surface area contributed by atoms with Crippen LogP contribution in [0.2, 0.25) is 0 Å². The van der Waals surface area contributed by atoms with Gasteiger partial charge in [0, 0.05) is 7.05 Å². The van der Waals surface area contributed by atoms with Crippen LogP contribution >= 0.6 is 11.8 Å². The van der Waals surface area contributed by atoms with E-state index < -0.39 is 0 Å². The fourth-order valence-corrected chi connectivity index (χ4v) is 3.59. The Morgan fingerprint density at radius 2 is 1.83 bits per heavy atom. The van der Waals surface area contributed by atoms with Crippen molar-refractivity contribution in [3.8, 4) is 5.69 Å². The lowest BCUT2D eigenvalue weighted by Crippen LogP contribution is -2.36. The molecular weight excluding hydrogens is 388 g/mol. The Hall–Kier alpha value is -3.13. The summed E-state index contributed by atoms with van der Waals surface area (Å²) < 4.78 is 1.53. The molecule has 0 aliphatic carbocycles. The molecule has 8 heteroatoms. The Bertz CT molecular complexity index is 1140. The zero-order valence-electron chi connectivity index (χ0n) is 16.5. The number of fused-ring (bicyclic) bond motifs is 1. The molecule has 3 aromatic rings. The molecular formula is C21H22N4O3S. The zero-order valence-corrected chi connectivity index (χ0v) is 17.3. The number of likely N-dealkylation sites (N-methyl/N-ethyl adjacent to an activating group) is 1. The van der Waals surface area contributed by atoms with Crippen molar-refractivity contribution in [2.45, 2.75) is 19.0 Å². The molecule has 1 aromatic heterocycles. The van der Waals surface area contributed by atoms with Crippen LogP contribution in [-0.2, 0) is 9.59 Å². The fourth-order valence-electron chi connectivity index (χ4n) is 2.75. The molecule has 0 aliphatic rings. The highest BCUT2D eigenvalue weighted by Crippen LogP contribution is 2.22. The van der Waals surface area contributed by atoms with Crippen LogP contribution in [0.4, 0.5) is 0 Å². The number of carbonyl (C=O) groups excluding carboxylic acids is 2. The summed E-state index contributed by atoms with van der Waals surface area (Å²) in [5, 5.41) is 5.92. The van der Waals surface area contributed by atoms with Crippen molar-refractivity contribution in [3.05, 3.63) is 63.9 Å². The van der Waals surface area contributed by atoms with Crippen LogP contribution in [0.25, 0.3) is 16.6 Å². The van der Waals surface area contributed by atoms with Crippen molar-refractivity contribution >= 4 is 34.5 Å². The number of benzene rings is 2. The number of para-hydroxylation sites is 1. The Morgan fingerprint density at radius 3 is 2.55 bits per heavy atom. The molecule has 3 rings (SSSR count). The van der Waals surface area contributed by atoms with Crippen molar-refractivity contribution in [2.24, 2.45) is 0 Å². The van der Waals surface area contributed by atoms with E-state index in [4.69, 9.17) is 0 Å². The number of rotatable bonds is 6. The van der Waals surface area contributed by atoms with E-state index in [0.29, 0.717) is 21.7 Å². The van der Waals surface area contributed by atoms with Crippen molar-refractivity contribution < 1.29 is 9.59 Å². The van der Waals surface area contributed by atoms with Gasteiger partial charge in [0.05, 0.1) is 28.9 Å². The van der Waals surface area contributed by atoms with Gasteiger partial charge in [-0.1, -0.05) is 30.0 Å². The predicted molar refractivity (Wildman–Crippen MR) is 115 cm³/mol. The Morgan fingerprint density at radius 1 is 1.07 bits per heavy atom. The Labute approximate surface area is 172 Å². The molecule has 150 valence electrons. The van der Waals surface area contributed by atoms with Gasteiger partial charge in [-0.05, 0) is 49.2 Å². The highest BCUT2D eigenvalue weighted by Gasteiger charge is 2.15. The molecule has 1 heterocycles. The lowest BCUT2D eigenvalue weighted by atomic mass is 10.1. The van der Waals surface area contributed by atoms with Gasteiger partial charge in [0.2, 0.25) is 11.8 Å². The normalized spacial score (nSPS) is 10.7. The molecule has 0 aliphatic heterocycles. The number of hydrogen-bond acceptors (Lipinski definition) is 5. The Balaban J connectivity index is 1.98. The topological polar surface area (TPSA) is 93.1 Å². The summed E-state index contributed by atoms with van der Waals surface area (Å²) in [6.07, 6.45) is 0. The number of carbonyl (C=O) groups is 2. The summed E-state index contributed by atoms with van der Waals surface area (Å²) in [5.41, 5.74) is 3.27. The summed E-state index contributed by atoms with van der Waals surface area (Å²) in [7, 11) is 1.50. The van der Waals surface area contributed by atoms with Gasteiger partial charge in [-0.15, -0.1) is 0 Å². The number of amides is 2. The first kappa shape index (κ1) is 20.6. The quantitative estimate of drug-likeness (QED) is 0.479. The minimum Gasteiger partial charge on any atom is -0.358 e. The van der Waals surface area contributed by atoms with Crippen LogP contribution in [-0.4, -0.2) is 40.7 Å². The molecule has 2 N–H and O–H groups in total. The molecule has 0 saturated carbocycles. The van der Waals surface area contributed by atoms with Gasteiger partial charge >= 0.3 is 0 Å². The monoisotopic (exact) mass is 410 g/mol. The molecule has 29 heavy (non-hydrogen) atoms. The number of thioether (sulfide) groups is 1. The molecule has 0 unspecified atom stereocenters. The largest absolute Gasteiger partial charge is 0.358 e. The number of nitrogens with zero attached hydrogens (tertiary/aromatic N) is 2. The van der Waals surface area contributed by atoms with Crippen LogP contribution in [0.3, 0.4) is 0 Å². The number of aryl methyl sites for hydroxylation is 2. The van der Waals surface area contributed by atoms with Gasteiger partial charge < -0.3 is 10.6 Å². The molecule has 0 spiro atoms. The van der Waals surface area contributed by atoms with Crippen molar-refractivity contribution in [2.75, 3.05) is 19.3 Å². The summed E-state index contributed by atoms with van der Waals surface area (Å²) in [6.45, 7) is 3.90. The van der Waals surface area contributed by atoms with E-state index in [1.165, 1.54) is 11.6 Å². The average Bonchev–Trinajstić information content (AvgIpc) is 2.72. The van der Waals surface area contributed by atoms with Gasteiger partial charge in [0.15, 0.2) is 5.16 Å². The van der Waals surface area contributed by atoms with E-state index >= 15 is 0 Å². The maximum atomic E-state index is 13.2. The molecule has 2 aromatic carbocycles. The lowest BCUT2D eigenvalue weighted by Gasteiger charge is -2.14. The van der Waals surface area contributed by atoms with Crippen LogP contribution in [0.1, 0.15) is 11.1 Å². The number of aromatic nitrogens is 2. The second kappa shape index (κ2) is 8.91. The molecule has 0 atom stereocenters. The minimum atomic E-state index is -0.312. The van der Waals surface area contributed by atoms with Gasteiger partial charge in [-0.2, -0.15) is 0 Å². The summed E-state index contributed by atoms with van der Waals surface area (Å²) >= 11 is 1.16. The van der Waals surface area contributed by atoms with Crippen LogP contribution < -0.4 is 16.2 Å². The van der Waals surface area contributed by atoms with Crippen LogP contribution in [0, 0.1) is 13.8 Å². The van der Waals surface area contributed by atoms with Crippen LogP contribution in [0.5, 0.6) is 0 Å². The third kappa shape index (κ3) is 4.65. The van der Waals surface area contributed by atoms with Gasteiger partial charge in [-0.3, -0.25) is 19.0 Å². The summed E-state index contributed by atoms with van der Waals surface area (Å²) in [4.78, 5) is 41.2. The van der Waals surface area contributed by atoms with Crippen molar-refractivity contribution in [3.63, 3.8) is 0 Å². The maximum Gasteiger partial charge on any atom is 0.266 e. The third-order valence-electron chi connectivity index (χ3n) is 4.55. The summed E-state index contributed by atoms with van der Waals surface area (Å²) in [6, 6.07) is 12.9.